The summed E-state index contributed by atoms with van der Waals surface area (Å²) in [6.45, 7) is 11.1. The standard InChI is InChI=1S/C37H41F6N5O4S/c1-22(35(2,3)4)46-30(50)20-51-14-8-9-15-52-29-13-11-23(16-26(29)38)33-27(39)17-25(19-45-33)48(36(5,6)21-49)34(53)47(7)28-12-10-24(18-44)31(32(28)40)37(41,42)43/h10-13,16-17,19,21-22H,8-9,14-15,20H2,1-7H3,(H,46,50). The van der Waals surface area contributed by atoms with Gasteiger partial charge >= 0.3 is 6.18 Å². The van der Waals surface area contributed by atoms with Gasteiger partial charge in [-0.25, -0.2) is 13.2 Å². The molecule has 16 heteroatoms. The van der Waals surface area contributed by atoms with E-state index in [9.17, 15) is 27.2 Å². The maximum atomic E-state index is 15.6. The highest BCUT2D eigenvalue weighted by molar-refractivity contribution is 7.80. The molecule has 0 aliphatic rings. The van der Waals surface area contributed by atoms with Gasteiger partial charge in [0.1, 0.15) is 24.2 Å². The number of pyridine rings is 1. The zero-order chi connectivity index (χ0) is 39.9. The zero-order valence-electron chi connectivity index (χ0n) is 30.3. The van der Waals surface area contributed by atoms with Crippen molar-refractivity contribution in [1.82, 2.24) is 10.3 Å². The molecular weight excluding hydrogens is 724 g/mol. The van der Waals surface area contributed by atoms with Crippen LogP contribution in [-0.2, 0) is 20.5 Å². The third-order valence-corrected chi connectivity index (χ3v) is 8.83. The zero-order valence-corrected chi connectivity index (χ0v) is 31.1. The molecule has 3 aromatic rings. The molecule has 0 aliphatic carbocycles. The Morgan fingerprint density at radius 3 is 2.26 bits per heavy atom. The predicted molar refractivity (Wildman–Crippen MR) is 192 cm³/mol. The molecule has 286 valence electrons. The van der Waals surface area contributed by atoms with Gasteiger partial charge in [0.2, 0.25) is 5.91 Å². The monoisotopic (exact) mass is 765 g/mol. The maximum Gasteiger partial charge on any atom is 0.420 e. The minimum Gasteiger partial charge on any atom is -0.491 e. The number of aldehydes is 1. The molecule has 1 atom stereocenters. The Morgan fingerprint density at radius 2 is 1.70 bits per heavy atom. The molecule has 1 unspecified atom stereocenters. The molecule has 2 aromatic carbocycles. The van der Waals surface area contributed by atoms with Crippen molar-refractivity contribution < 1.29 is 45.4 Å². The Hall–Kier alpha value is -4.75. The molecule has 1 N–H and O–H groups in total. The van der Waals surface area contributed by atoms with E-state index < -0.39 is 51.1 Å². The number of carbonyl (C=O) groups excluding carboxylic acids is 2. The molecule has 0 saturated heterocycles. The van der Waals surface area contributed by atoms with E-state index in [0.717, 1.165) is 47.3 Å². The van der Waals surface area contributed by atoms with Crippen LogP contribution in [0.25, 0.3) is 11.3 Å². The Labute approximate surface area is 309 Å². The number of thiocarbonyl (C=S) groups is 1. The molecule has 0 saturated carbocycles. The van der Waals surface area contributed by atoms with Crippen LogP contribution in [0.1, 0.15) is 65.5 Å². The number of unbranched alkanes of at least 4 members (excludes halogenated alkanes) is 1. The smallest absolute Gasteiger partial charge is 0.420 e. The fraction of sp³-hybridized carbons (Fsp3) is 0.432. The van der Waals surface area contributed by atoms with Crippen LogP contribution in [-0.4, -0.2) is 60.7 Å². The molecule has 0 bridgehead atoms. The van der Waals surface area contributed by atoms with Crippen molar-refractivity contribution >= 4 is 40.9 Å². The van der Waals surface area contributed by atoms with Crippen LogP contribution < -0.4 is 19.9 Å². The molecule has 53 heavy (non-hydrogen) atoms. The summed E-state index contributed by atoms with van der Waals surface area (Å²) in [6, 6.07) is 7.68. The molecule has 0 aliphatic heterocycles. The summed E-state index contributed by atoms with van der Waals surface area (Å²) in [5, 5.41) is 11.6. The van der Waals surface area contributed by atoms with Crippen LogP contribution in [0.2, 0.25) is 0 Å². The van der Waals surface area contributed by atoms with Crippen molar-refractivity contribution in [3.63, 3.8) is 0 Å². The largest absolute Gasteiger partial charge is 0.491 e. The number of aromatic nitrogens is 1. The number of benzene rings is 2. The molecule has 3 rings (SSSR count). The fourth-order valence-corrected chi connectivity index (χ4v) is 5.31. The Balaban J connectivity index is 1.72. The van der Waals surface area contributed by atoms with Crippen molar-refractivity contribution in [2.75, 3.05) is 36.7 Å². The van der Waals surface area contributed by atoms with E-state index in [-0.39, 0.29) is 53.3 Å². The summed E-state index contributed by atoms with van der Waals surface area (Å²) in [5.74, 6) is -3.82. The lowest BCUT2D eigenvalue weighted by atomic mass is 9.88. The van der Waals surface area contributed by atoms with E-state index in [2.05, 4.69) is 10.3 Å². The number of amides is 1. The minimum atomic E-state index is -5.20. The lowest BCUT2D eigenvalue weighted by molar-refractivity contribution is -0.140. The number of nitrogens with one attached hydrogen (secondary N) is 1. The van der Waals surface area contributed by atoms with Crippen LogP contribution >= 0.6 is 12.2 Å². The summed E-state index contributed by atoms with van der Waals surface area (Å²) in [5.41, 5.74) is -5.36. The van der Waals surface area contributed by atoms with Crippen molar-refractivity contribution in [2.45, 2.75) is 72.1 Å². The van der Waals surface area contributed by atoms with Crippen molar-refractivity contribution in [3.05, 3.63) is 71.2 Å². The Kier molecular flexibility index (Phi) is 14.0. The molecule has 1 amide bonds. The number of nitriles is 1. The second-order valence-corrected chi connectivity index (χ2v) is 14.2. The van der Waals surface area contributed by atoms with Crippen LogP contribution in [0.4, 0.5) is 37.7 Å². The van der Waals surface area contributed by atoms with Gasteiger partial charge in [-0.1, -0.05) is 20.8 Å². The Morgan fingerprint density at radius 1 is 1.04 bits per heavy atom. The summed E-state index contributed by atoms with van der Waals surface area (Å²) < 4.78 is 97.8. The molecule has 0 radical (unpaired) electrons. The number of halogens is 6. The number of alkyl halides is 3. The molecule has 0 fully saturated rings. The van der Waals surface area contributed by atoms with Crippen LogP contribution in [0.3, 0.4) is 0 Å². The van der Waals surface area contributed by atoms with Gasteiger partial charge in [-0.05, 0) is 81.6 Å². The first-order valence-electron chi connectivity index (χ1n) is 16.4. The quantitative estimate of drug-likeness (QED) is 0.0757. The van der Waals surface area contributed by atoms with E-state index in [0.29, 0.717) is 25.7 Å². The normalized spacial score (nSPS) is 12.5. The van der Waals surface area contributed by atoms with Gasteiger partial charge in [0, 0.05) is 31.3 Å². The maximum absolute atomic E-state index is 15.6. The van der Waals surface area contributed by atoms with E-state index in [1.807, 2.05) is 27.7 Å². The highest BCUT2D eigenvalue weighted by atomic mass is 32.1. The van der Waals surface area contributed by atoms with Gasteiger partial charge in [-0.3, -0.25) is 9.78 Å². The number of anilines is 2. The number of hydrogen-bond donors (Lipinski definition) is 1. The number of ether oxygens (including phenoxy) is 2. The van der Waals surface area contributed by atoms with E-state index in [4.69, 9.17) is 27.0 Å². The molecule has 0 spiro atoms. The number of nitrogens with zero attached hydrogens (tertiary/aromatic N) is 4. The minimum absolute atomic E-state index is 0.0267. The second kappa shape index (κ2) is 17.4. The third kappa shape index (κ3) is 10.7. The lowest BCUT2D eigenvalue weighted by Gasteiger charge is -2.39. The van der Waals surface area contributed by atoms with Gasteiger partial charge < -0.3 is 29.4 Å². The third-order valence-electron chi connectivity index (χ3n) is 8.37. The number of hydrogen-bond acceptors (Lipinski definition) is 7. The molecule has 1 heterocycles. The number of carbonyl (C=O) groups is 2. The average molecular weight is 766 g/mol. The summed E-state index contributed by atoms with van der Waals surface area (Å²) in [6.07, 6.45) is -2.57. The van der Waals surface area contributed by atoms with E-state index >= 15 is 8.78 Å². The summed E-state index contributed by atoms with van der Waals surface area (Å²) in [7, 11) is 1.15. The van der Waals surface area contributed by atoms with E-state index in [1.165, 1.54) is 32.0 Å². The molecular formula is C37H41F6N5O4S. The van der Waals surface area contributed by atoms with Gasteiger partial charge in [-0.15, -0.1) is 0 Å². The average Bonchev–Trinajstić information content (AvgIpc) is 3.06. The second-order valence-electron chi connectivity index (χ2n) is 13.8. The summed E-state index contributed by atoms with van der Waals surface area (Å²) in [4.78, 5) is 30.2. The van der Waals surface area contributed by atoms with Crippen LogP contribution in [0.15, 0.2) is 42.6 Å². The predicted octanol–water partition coefficient (Wildman–Crippen LogP) is 7.99. The topological polar surface area (TPSA) is 108 Å². The molecule has 1 aromatic heterocycles. The van der Waals surface area contributed by atoms with Gasteiger partial charge in [0.05, 0.1) is 41.4 Å². The van der Waals surface area contributed by atoms with Gasteiger partial charge in [-0.2, -0.15) is 18.4 Å². The first-order chi connectivity index (χ1) is 24.6. The van der Waals surface area contributed by atoms with Crippen molar-refractivity contribution in [3.8, 4) is 23.1 Å². The first-order valence-corrected chi connectivity index (χ1v) is 16.8. The first kappa shape index (κ1) is 42.7. The van der Waals surface area contributed by atoms with Gasteiger partial charge in [0.15, 0.2) is 28.3 Å². The van der Waals surface area contributed by atoms with Gasteiger partial charge in [0.25, 0.3) is 0 Å². The summed E-state index contributed by atoms with van der Waals surface area (Å²) >= 11 is 5.48. The highest BCUT2D eigenvalue weighted by Crippen LogP contribution is 2.38. The SMILES string of the molecule is CC(NC(=O)COCCCCOc1ccc(-c2ncc(N(C(=S)N(C)c3ccc(C#N)c(C(F)(F)F)c3F)C(C)(C)C=O)cc2F)cc1F)C(C)(C)C. The van der Waals surface area contributed by atoms with Crippen LogP contribution in [0.5, 0.6) is 5.75 Å². The van der Waals surface area contributed by atoms with Crippen LogP contribution in [0, 0.1) is 34.2 Å². The fourth-order valence-electron chi connectivity index (χ4n) is 4.87. The highest BCUT2D eigenvalue weighted by Gasteiger charge is 2.40. The van der Waals surface area contributed by atoms with E-state index in [1.54, 1.807) is 0 Å². The Bertz CT molecular complexity index is 1860. The lowest BCUT2D eigenvalue weighted by Crippen LogP contribution is -2.54. The number of rotatable bonds is 14. The van der Waals surface area contributed by atoms with Crippen molar-refractivity contribution in [2.24, 2.45) is 5.41 Å². The van der Waals surface area contributed by atoms with Crippen molar-refractivity contribution in [1.29, 1.82) is 5.26 Å². The molecule has 9 nitrogen and oxygen atoms in total.